The lowest BCUT2D eigenvalue weighted by Gasteiger charge is -2.06. The first-order valence-corrected chi connectivity index (χ1v) is 5.74. The summed E-state index contributed by atoms with van der Waals surface area (Å²) in [6.07, 6.45) is 0. The third kappa shape index (κ3) is 3.01. The van der Waals surface area contributed by atoms with Crippen LogP contribution in [0.5, 0.6) is 5.75 Å². The Morgan fingerprint density at radius 1 is 1.32 bits per heavy atom. The summed E-state index contributed by atoms with van der Waals surface area (Å²) in [7, 11) is 0. The monoisotopic (exact) mass is 259 g/mol. The van der Waals surface area contributed by atoms with Gasteiger partial charge >= 0.3 is 5.63 Å². The Morgan fingerprint density at radius 3 is 2.63 bits per heavy atom. The van der Waals surface area contributed by atoms with Gasteiger partial charge in [0.25, 0.3) is 5.91 Å². The number of aromatic hydroxyl groups is 1. The highest BCUT2D eigenvalue weighted by Crippen LogP contribution is 2.14. The van der Waals surface area contributed by atoms with Gasteiger partial charge in [0.1, 0.15) is 11.5 Å². The Balaban J connectivity index is 2.15. The molecule has 0 saturated carbocycles. The van der Waals surface area contributed by atoms with Crippen LogP contribution in [-0.2, 0) is 6.54 Å². The summed E-state index contributed by atoms with van der Waals surface area (Å²) in [5.41, 5.74) is -0.323. The van der Waals surface area contributed by atoms with Crippen molar-refractivity contribution in [1.82, 2.24) is 5.32 Å². The molecular weight excluding hydrogens is 246 g/mol. The first kappa shape index (κ1) is 12.9. The molecule has 19 heavy (non-hydrogen) atoms. The van der Waals surface area contributed by atoms with Gasteiger partial charge < -0.3 is 14.8 Å². The number of rotatable bonds is 3. The van der Waals surface area contributed by atoms with Gasteiger partial charge in [0.15, 0.2) is 5.56 Å². The lowest BCUT2D eigenvalue weighted by Crippen LogP contribution is -2.28. The van der Waals surface area contributed by atoms with Crippen molar-refractivity contribution in [1.29, 1.82) is 0 Å². The van der Waals surface area contributed by atoms with E-state index in [1.54, 1.807) is 0 Å². The van der Waals surface area contributed by atoms with Crippen molar-refractivity contribution in [2.24, 2.45) is 0 Å². The molecule has 2 aromatic rings. The van der Waals surface area contributed by atoms with Crippen molar-refractivity contribution >= 4 is 5.91 Å². The number of hydrogen-bond acceptors (Lipinski definition) is 4. The fraction of sp³-hybridized carbons (Fsp3) is 0.143. The lowest BCUT2D eigenvalue weighted by atomic mass is 10.2. The van der Waals surface area contributed by atoms with Gasteiger partial charge in [-0.1, -0.05) is 30.3 Å². The Labute approximate surface area is 109 Å². The molecule has 0 unspecified atom stereocenters. The molecule has 0 aliphatic rings. The number of amides is 1. The van der Waals surface area contributed by atoms with Crippen molar-refractivity contribution in [3.05, 3.63) is 63.7 Å². The van der Waals surface area contributed by atoms with Crippen molar-refractivity contribution < 1.29 is 14.3 Å². The number of carbonyl (C=O) groups is 1. The van der Waals surface area contributed by atoms with Gasteiger partial charge in [-0.25, -0.2) is 4.79 Å². The van der Waals surface area contributed by atoms with Gasteiger partial charge in [0.05, 0.1) is 0 Å². The van der Waals surface area contributed by atoms with Gasteiger partial charge in [-0.05, 0) is 12.5 Å². The molecule has 0 spiro atoms. The van der Waals surface area contributed by atoms with Gasteiger partial charge in [0, 0.05) is 12.6 Å². The molecule has 2 rings (SSSR count). The van der Waals surface area contributed by atoms with E-state index in [1.165, 1.54) is 13.0 Å². The molecule has 2 N–H and O–H groups in total. The molecule has 0 aliphatic heterocycles. The van der Waals surface area contributed by atoms with Crippen LogP contribution in [0.1, 0.15) is 21.7 Å². The molecule has 0 aliphatic carbocycles. The molecule has 0 saturated heterocycles. The first-order valence-electron chi connectivity index (χ1n) is 5.74. The van der Waals surface area contributed by atoms with Crippen LogP contribution in [-0.4, -0.2) is 11.0 Å². The van der Waals surface area contributed by atoms with Crippen LogP contribution in [0.4, 0.5) is 0 Å². The molecule has 0 atom stereocenters. The molecule has 1 heterocycles. The van der Waals surface area contributed by atoms with Crippen LogP contribution >= 0.6 is 0 Å². The highest BCUT2D eigenvalue weighted by Gasteiger charge is 2.17. The second-order valence-corrected chi connectivity index (χ2v) is 4.07. The number of aryl methyl sites for hydroxylation is 1. The molecule has 5 heteroatoms. The van der Waals surface area contributed by atoms with Gasteiger partial charge in [0.2, 0.25) is 0 Å². The molecule has 0 bridgehead atoms. The Kier molecular flexibility index (Phi) is 3.66. The summed E-state index contributed by atoms with van der Waals surface area (Å²) in [6, 6.07) is 10.5. The molecule has 1 aromatic heterocycles. The normalized spacial score (nSPS) is 10.2. The average Bonchev–Trinajstić information content (AvgIpc) is 2.36. The Hall–Kier alpha value is -2.56. The summed E-state index contributed by atoms with van der Waals surface area (Å²) in [5.74, 6) is -0.781. The Morgan fingerprint density at radius 2 is 2.00 bits per heavy atom. The van der Waals surface area contributed by atoms with Crippen molar-refractivity contribution in [3.8, 4) is 5.75 Å². The van der Waals surface area contributed by atoms with Crippen LogP contribution in [0.15, 0.2) is 45.6 Å². The van der Waals surface area contributed by atoms with Crippen molar-refractivity contribution in [2.45, 2.75) is 13.5 Å². The second-order valence-electron chi connectivity index (χ2n) is 4.07. The Bertz CT molecular complexity index is 646. The van der Waals surface area contributed by atoms with Crippen LogP contribution in [0.3, 0.4) is 0 Å². The standard InChI is InChI=1S/C14H13NO4/c1-9-7-11(16)12(14(18)19-9)13(17)15-8-10-5-3-2-4-6-10/h2-7,16H,8H2,1H3,(H,15,17). The van der Waals surface area contributed by atoms with Gasteiger partial charge in [-0.2, -0.15) is 0 Å². The maximum Gasteiger partial charge on any atom is 0.352 e. The minimum absolute atomic E-state index is 0.252. The SMILES string of the molecule is Cc1cc(O)c(C(=O)NCc2ccccc2)c(=O)o1. The zero-order valence-electron chi connectivity index (χ0n) is 10.3. The molecule has 5 nitrogen and oxygen atoms in total. The largest absolute Gasteiger partial charge is 0.507 e. The highest BCUT2D eigenvalue weighted by molar-refractivity contribution is 5.96. The zero-order valence-corrected chi connectivity index (χ0v) is 10.3. The quantitative estimate of drug-likeness (QED) is 0.877. The molecule has 1 aromatic carbocycles. The molecule has 0 fully saturated rings. The van der Waals surface area contributed by atoms with E-state index in [1.807, 2.05) is 30.3 Å². The number of hydrogen-bond donors (Lipinski definition) is 2. The molecule has 1 amide bonds. The lowest BCUT2D eigenvalue weighted by molar-refractivity contribution is 0.0943. The predicted molar refractivity (Wildman–Crippen MR) is 69.0 cm³/mol. The van der Waals surface area contributed by atoms with E-state index in [9.17, 15) is 14.7 Å². The second kappa shape index (κ2) is 5.39. The van der Waals surface area contributed by atoms with Crippen molar-refractivity contribution in [2.75, 3.05) is 0 Å². The number of benzene rings is 1. The van der Waals surface area contributed by atoms with Crippen LogP contribution in [0.25, 0.3) is 0 Å². The van der Waals surface area contributed by atoms with E-state index < -0.39 is 11.5 Å². The molecule has 0 radical (unpaired) electrons. The number of carbonyl (C=O) groups excluding carboxylic acids is 1. The minimum Gasteiger partial charge on any atom is -0.507 e. The number of nitrogens with one attached hydrogen (secondary N) is 1. The first-order chi connectivity index (χ1) is 9.08. The summed E-state index contributed by atoms with van der Waals surface area (Å²) >= 11 is 0. The van der Waals surface area contributed by atoms with Gasteiger partial charge in [-0.3, -0.25) is 4.79 Å². The zero-order chi connectivity index (χ0) is 13.8. The van der Waals surface area contributed by atoms with E-state index in [-0.39, 0.29) is 23.6 Å². The maximum absolute atomic E-state index is 11.8. The smallest absolute Gasteiger partial charge is 0.352 e. The molecular formula is C14H13NO4. The van der Waals surface area contributed by atoms with Gasteiger partial charge in [-0.15, -0.1) is 0 Å². The summed E-state index contributed by atoms with van der Waals surface area (Å²) in [6.45, 7) is 1.79. The third-order valence-corrected chi connectivity index (χ3v) is 2.58. The van der Waals surface area contributed by atoms with E-state index in [0.717, 1.165) is 5.56 Å². The summed E-state index contributed by atoms with van der Waals surface area (Å²) < 4.78 is 4.79. The van der Waals surface area contributed by atoms with E-state index in [2.05, 4.69) is 5.32 Å². The fourth-order valence-electron chi connectivity index (χ4n) is 1.67. The predicted octanol–water partition coefficient (Wildman–Crippen LogP) is 1.58. The van der Waals surface area contributed by atoms with E-state index in [4.69, 9.17) is 4.42 Å². The minimum atomic E-state index is -0.844. The van der Waals surface area contributed by atoms with Crippen molar-refractivity contribution in [3.63, 3.8) is 0 Å². The van der Waals surface area contributed by atoms with Crippen LogP contribution < -0.4 is 10.9 Å². The highest BCUT2D eigenvalue weighted by atomic mass is 16.4. The maximum atomic E-state index is 11.8. The molecule has 98 valence electrons. The summed E-state index contributed by atoms with van der Waals surface area (Å²) in [4.78, 5) is 23.4. The summed E-state index contributed by atoms with van der Waals surface area (Å²) in [5, 5.41) is 12.2. The van der Waals surface area contributed by atoms with E-state index >= 15 is 0 Å². The third-order valence-electron chi connectivity index (χ3n) is 2.58. The van der Waals surface area contributed by atoms with Crippen LogP contribution in [0, 0.1) is 6.92 Å². The average molecular weight is 259 g/mol. The topological polar surface area (TPSA) is 79.5 Å². The van der Waals surface area contributed by atoms with E-state index in [0.29, 0.717) is 0 Å². The fourth-order valence-corrected chi connectivity index (χ4v) is 1.67. The van der Waals surface area contributed by atoms with Crippen LogP contribution in [0.2, 0.25) is 0 Å².